The van der Waals surface area contributed by atoms with Gasteiger partial charge in [-0.05, 0) is 31.0 Å². The highest BCUT2D eigenvalue weighted by Crippen LogP contribution is 2.18. The molecular weight excluding hydrogens is 294 g/mol. The van der Waals surface area contributed by atoms with Crippen LogP contribution in [0.5, 0.6) is 0 Å². The number of hydrogen-bond donors (Lipinski definition) is 1. The lowest BCUT2D eigenvalue weighted by Gasteiger charge is -2.06. The van der Waals surface area contributed by atoms with E-state index in [0.29, 0.717) is 17.5 Å². The molecule has 0 aliphatic heterocycles. The van der Waals surface area contributed by atoms with Crippen LogP contribution in [0, 0.1) is 13.8 Å². The molecule has 0 aliphatic rings. The molecule has 2 aromatic heterocycles. The Morgan fingerprint density at radius 2 is 2.09 bits per heavy atom. The van der Waals surface area contributed by atoms with Crippen LogP contribution in [0.4, 0.5) is 0 Å². The van der Waals surface area contributed by atoms with Gasteiger partial charge in [-0.2, -0.15) is 5.10 Å². The van der Waals surface area contributed by atoms with Crippen molar-refractivity contribution in [3.63, 3.8) is 0 Å². The van der Waals surface area contributed by atoms with Crippen molar-refractivity contribution in [2.75, 3.05) is 0 Å². The second-order valence-electron chi connectivity index (χ2n) is 5.63. The molecule has 118 valence electrons. The summed E-state index contributed by atoms with van der Waals surface area (Å²) in [7, 11) is 1.80. The molecule has 1 N–H and O–H groups in total. The maximum Gasteiger partial charge on any atom is 0.287 e. The van der Waals surface area contributed by atoms with Crippen molar-refractivity contribution in [3.05, 3.63) is 63.3 Å². The summed E-state index contributed by atoms with van der Waals surface area (Å²) in [4.78, 5) is 24.5. The number of carbonyl (C=O) groups excluding carboxylic acids is 1. The normalized spacial score (nSPS) is 10.9. The summed E-state index contributed by atoms with van der Waals surface area (Å²) in [5.41, 5.74) is 2.91. The number of benzene rings is 1. The zero-order valence-electron chi connectivity index (χ0n) is 13.2. The van der Waals surface area contributed by atoms with Crippen LogP contribution in [0.3, 0.4) is 0 Å². The van der Waals surface area contributed by atoms with Gasteiger partial charge in [-0.1, -0.05) is 6.07 Å². The van der Waals surface area contributed by atoms with Gasteiger partial charge in [0.1, 0.15) is 5.58 Å². The Balaban J connectivity index is 1.90. The van der Waals surface area contributed by atoms with Crippen molar-refractivity contribution < 1.29 is 9.21 Å². The number of nitrogens with one attached hydrogen (secondary N) is 1. The molecule has 0 unspecified atom stereocenters. The van der Waals surface area contributed by atoms with Gasteiger partial charge in [-0.3, -0.25) is 14.3 Å². The summed E-state index contributed by atoms with van der Waals surface area (Å²) < 4.78 is 7.28. The van der Waals surface area contributed by atoms with Crippen molar-refractivity contribution in [3.8, 4) is 0 Å². The Hall–Kier alpha value is -2.89. The summed E-state index contributed by atoms with van der Waals surface area (Å²) in [6, 6.07) is 4.92. The number of rotatable bonds is 3. The van der Waals surface area contributed by atoms with E-state index < -0.39 is 5.91 Å². The lowest BCUT2D eigenvalue weighted by Crippen LogP contribution is -2.24. The highest BCUT2D eigenvalue weighted by Gasteiger charge is 2.14. The Bertz CT molecular complexity index is 953. The maximum absolute atomic E-state index is 12.3. The first-order valence-electron chi connectivity index (χ1n) is 7.25. The zero-order valence-corrected chi connectivity index (χ0v) is 13.2. The number of carbonyl (C=O) groups is 1. The molecule has 0 saturated heterocycles. The van der Waals surface area contributed by atoms with Crippen LogP contribution in [-0.2, 0) is 13.6 Å². The maximum atomic E-state index is 12.3. The number of hydrogen-bond acceptors (Lipinski definition) is 4. The van der Waals surface area contributed by atoms with Crippen LogP contribution >= 0.6 is 0 Å². The fraction of sp³-hybridized carbons (Fsp3) is 0.235. The van der Waals surface area contributed by atoms with E-state index in [9.17, 15) is 9.59 Å². The molecule has 0 aliphatic carbocycles. The summed E-state index contributed by atoms with van der Waals surface area (Å²) >= 11 is 0. The lowest BCUT2D eigenvalue weighted by atomic mass is 10.1. The summed E-state index contributed by atoms with van der Waals surface area (Å²) in [6.45, 7) is 4.09. The van der Waals surface area contributed by atoms with Gasteiger partial charge >= 0.3 is 0 Å². The molecular formula is C17H17N3O3. The second kappa shape index (κ2) is 5.72. The molecule has 0 atom stereocenters. The molecule has 0 saturated carbocycles. The fourth-order valence-corrected chi connectivity index (χ4v) is 2.61. The van der Waals surface area contributed by atoms with Crippen LogP contribution in [0.15, 0.2) is 39.8 Å². The highest BCUT2D eigenvalue weighted by atomic mass is 16.3. The second-order valence-corrected chi connectivity index (χ2v) is 5.63. The average Bonchev–Trinajstić information content (AvgIpc) is 2.89. The highest BCUT2D eigenvalue weighted by molar-refractivity contribution is 5.93. The van der Waals surface area contributed by atoms with Crippen molar-refractivity contribution in [1.82, 2.24) is 15.1 Å². The van der Waals surface area contributed by atoms with Crippen LogP contribution < -0.4 is 10.7 Å². The van der Waals surface area contributed by atoms with E-state index in [-0.39, 0.29) is 11.2 Å². The largest absolute Gasteiger partial charge is 0.451 e. The molecule has 23 heavy (non-hydrogen) atoms. The summed E-state index contributed by atoms with van der Waals surface area (Å²) in [6.07, 6.45) is 3.48. The minimum Gasteiger partial charge on any atom is -0.451 e. The first-order chi connectivity index (χ1) is 10.9. The quantitative estimate of drug-likeness (QED) is 0.803. The van der Waals surface area contributed by atoms with E-state index in [4.69, 9.17) is 4.42 Å². The SMILES string of the molecule is Cc1cc(C)c2c(=O)cc(C(=O)NCc3cnn(C)c3)oc2c1. The Labute approximate surface area is 132 Å². The van der Waals surface area contributed by atoms with Crippen molar-refractivity contribution in [1.29, 1.82) is 0 Å². The van der Waals surface area contributed by atoms with Crippen LogP contribution in [0.25, 0.3) is 11.0 Å². The third-order valence-electron chi connectivity index (χ3n) is 3.61. The van der Waals surface area contributed by atoms with Gasteiger partial charge in [0, 0.05) is 31.4 Å². The smallest absolute Gasteiger partial charge is 0.287 e. The average molecular weight is 311 g/mol. The standard InChI is InChI=1S/C17H17N3O3/c1-10-4-11(2)16-13(21)6-15(23-14(16)5-10)17(22)18-7-12-8-19-20(3)9-12/h4-6,8-9H,7H2,1-3H3,(H,18,22). The number of aryl methyl sites for hydroxylation is 3. The molecule has 0 spiro atoms. The molecule has 3 aromatic rings. The molecule has 2 heterocycles. The predicted octanol–water partition coefficient (Wildman–Crippen LogP) is 2.07. The van der Waals surface area contributed by atoms with E-state index in [2.05, 4.69) is 10.4 Å². The van der Waals surface area contributed by atoms with E-state index >= 15 is 0 Å². The van der Waals surface area contributed by atoms with Crippen molar-refractivity contribution in [2.24, 2.45) is 7.05 Å². The summed E-state index contributed by atoms with van der Waals surface area (Å²) in [5.74, 6) is -0.414. The zero-order chi connectivity index (χ0) is 16.6. The first kappa shape index (κ1) is 15.0. The predicted molar refractivity (Wildman–Crippen MR) is 86.3 cm³/mol. The number of nitrogens with zero attached hydrogens (tertiary/aromatic N) is 2. The lowest BCUT2D eigenvalue weighted by molar-refractivity contribution is 0.0923. The van der Waals surface area contributed by atoms with Crippen LogP contribution in [0.1, 0.15) is 27.2 Å². The third kappa shape index (κ3) is 3.01. The molecule has 3 rings (SSSR count). The van der Waals surface area contributed by atoms with Gasteiger partial charge in [0.15, 0.2) is 11.2 Å². The van der Waals surface area contributed by atoms with Gasteiger partial charge in [0.05, 0.1) is 11.6 Å². The van der Waals surface area contributed by atoms with Gasteiger partial charge < -0.3 is 9.73 Å². The molecule has 1 amide bonds. The number of fused-ring (bicyclic) bond motifs is 1. The van der Waals surface area contributed by atoms with Gasteiger partial charge in [-0.15, -0.1) is 0 Å². The topological polar surface area (TPSA) is 77.1 Å². The first-order valence-corrected chi connectivity index (χ1v) is 7.25. The van der Waals surface area contributed by atoms with Gasteiger partial charge in [0.25, 0.3) is 5.91 Å². The van der Waals surface area contributed by atoms with Gasteiger partial charge in [0.2, 0.25) is 0 Å². The van der Waals surface area contributed by atoms with Crippen LogP contribution in [-0.4, -0.2) is 15.7 Å². The van der Waals surface area contributed by atoms with Gasteiger partial charge in [-0.25, -0.2) is 0 Å². The third-order valence-corrected chi connectivity index (χ3v) is 3.61. The molecule has 1 aromatic carbocycles. The number of amides is 1. The fourth-order valence-electron chi connectivity index (χ4n) is 2.61. The van der Waals surface area contributed by atoms with Crippen LogP contribution in [0.2, 0.25) is 0 Å². The molecule has 6 nitrogen and oxygen atoms in total. The van der Waals surface area contributed by atoms with E-state index in [1.807, 2.05) is 26.1 Å². The monoisotopic (exact) mass is 311 g/mol. The Morgan fingerprint density at radius 1 is 1.30 bits per heavy atom. The molecule has 0 radical (unpaired) electrons. The van der Waals surface area contributed by atoms with Crippen molar-refractivity contribution in [2.45, 2.75) is 20.4 Å². The van der Waals surface area contributed by atoms with E-state index in [1.165, 1.54) is 6.07 Å². The summed E-state index contributed by atoms with van der Waals surface area (Å²) in [5, 5.41) is 7.27. The van der Waals surface area contributed by atoms with E-state index in [0.717, 1.165) is 16.7 Å². The molecule has 6 heteroatoms. The Morgan fingerprint density at radius 3 is 2.78 bits per heavy atom. The molecule has 0 bridgehead atoms. The minimum atomic E-state index is -0.424. The minimum absolute atomic E-state index is 0.0105. The van der Waals surface area contributed by atoms with Crippen molar-refractivity contribution >= 4 is 16.9 Å². The molecule has 0 fully saturated rings. The Kier molecular flexibility index (Phi) is 3.73. The van der Waals surface area contributed by atoms with E-state index in [1.54, 1.807) is 24.0 Å². The number of aromatic nitrogens is 2.